The fourth-order valence-electron chi connectivity index (χ4n) is 2.59. The molecule has 0 radical (unpaired) electrons. The fraction of sp³-hybridized carbons (Fsp3) is 0.500. The van der Waals surface area contributed by atoms with Gasteiger partial charge in [-0.2, -0.15) is 0 Å². The van der Waals surface area contributed by atoms with E-state index in [1.54, 1.807) is 34.8 Å². The van der Waals surface area contributed by atoms with Crippen molar-refractivity contribution >= 4 is 41.5 Å². The van der Waals surface area contributed by atoms with E-state index in [1.807, 2.05) is 27.7 Å². The van der Waals surface area contributed by atoms with E-state index in [-0.39, 0.29) is 35.5 Å². The van der Waals surface area contributed by atoms with E-state index in [1.165, 1.54) is 0 Å². The summed E-state index contributed by atoms with van der Waals surface area (Å²) in [5.74, 6) is 0.493. The van der Waals surface area contributed by atoms with Gasteiger partial charge in [0.1, 0.15) is 11.5 Å². The molecular weight excluding hydrogens is 409 g/mol. The lowest BCUT2D eigenvalue weighted by atomic mass is 9.93. The highest BCUT2D eigenvalue weighted by Gasteiger charge is 2.27. The number of amides is 1. The molecule has 2 aromatic rings. The van der Waals surface area contributed by atoms with Gasteiger partial charge in [0.05, 0.1) is 10.0 Å². The molecule has 0 aliphatic carbocycles. The standard InChI is InChI=1S/C18H25Cl2N5O.ClH/c1-11(2)16-22-15(17(26)24(5)10-18(3,4)9-21)23-25(16)14-12(19)7-6-8-13(14)20;/h6-8,11H,9-10,21H2,1-5H3;1H. The largest absolute Gasteiger partial charge is 0.338 e. The van der Waals surface area contributed by atoms with E-state index < -0.39 is 0 Å². The Bertz CT molecular complexity index is 784. The number of nitrogens with two attached hydrogens (primary N) is 1. The van der Waals surface area contributed by atoms with Crippen molar-refractivity contribution in [1.29, 1.82) is 0 Å². The minimum Gasteiger partial charge on any atom is -0.338 e. The predicted molar refractivity (Wildman–Crippen MR) is 113 cm³/mol. The molecule has 0 bridgehead atoms. The summed E-state index contributed by atoms with van der Waals surface area (Å²) in [6.45, 7) is 8.93. The molecular formula is C18H26Cl3N5O. The van der Waals surface area contributed by atoms with Crippen LogP contribution in [-0.4, -0.2) is 45.7 Å². The number of nitrogens with zero attached hydrogens (tertiary/aromatic N) is 4. The van der Waals surface area contributed by atoms with Crippen LogP contribution < -0.4 is 5.73 Å². The summed E-state index contributed by atoms with van der Waals surface area (Å²) in [5, 5.41) is 5.31. The molecule has 0 saturated heterocycles. The number of hydrogen-bond acceptors (Lipinski definition) is 4. The first-order chi connectivity index (χ1) is 12.1. The van der Waals surface area contributed by atoms with Crippen LogP contribution in [0.5, 0.6) is 0 Å². The van der Waals surface area contributed by atoms with Gasteiger partial charge in [-0.3, -0.25) is 4.79 Å². The van der Waals surface area contributed by atoms with Crippen LogP contribution >= 0.6 is 35.6 Å². The highest BCUT2D eigenvalue weighted by atomic mass is 35.5. The molecule has 0 spiro atoms. The SMILES string of the molecule is CC(C)c1nc(C(=O)N(C)CC(C)(C)CN)nn1-c1c(Cl)cccc1Cl.Cl. The zero-order valence-electron chi connectivity index (χ0n) is 16.2. The molecule has 0 unspecified atom stereocenters. The van der Waals surface area contributed by atoms with Crippen LogP contribution in [0.15, 0.2) is 18.2 Å². The molecule has 1 amide bonds. The maximum absolute atomic E-state index is 12.8. The molecule has 27 heavy (non-hydrogen) atoms. The Balaban J connectivity index is 0.00000364. The van der Waals surface area contributed by atoms with Gasteiger partial charge in [0.15, 0.2) is 0 Å². The first-order valence-corrected chi connectivity index (χ1v) is 9.20. The number of hydrogen-bond donors (Lipinski definition) is 1. The Kier molecular flexibility index (Phi) is 8.11. The third kappa shape index (κ3) is 5.35. The molecule has 1 heterocycles. The first kappa shape index (κ1) is 23.7. The lowest BCUT2D eigenvalue weighted by Crippen LogP contribution is -2.40. The van der Waals surface area contributed by atoms with Crippen molar-refractivity contribution in [3.8, 4) is 5.69 Å². The second kappa shape index (κ2) is 9.24. The highest BCUT2D eigenvalue weighted by Crippen LogP contribution is 2.30. The van der Waals surface area contributed by atoms with Gasteiger partial charge >= 0.3 is 0 Å². The second-order valence-electron chi connectivity index (χ2n) is 7.46. The van der Waals surface area contributed by atoms with Gasteiger partial charge in [-0.05, 0) is 24.1 Å². The fourth-order valence-corrected chi connectivity index (χ4v) is 3.15. The Morgan fingerprint density at radius 1 is 1.30 bits per heavy atom. The number of carbonyl (C=O) groups is 1. The van der Waals surface area contributed by atoms with Crippen molar-refractivity contribution in [1.82, 2.24) is 19.7 Å². The number of rotatable bonds is 6. The van der Waals surface area contributed by atoms with E-state index in [4.69, 9.17) is 28.9 Å². The van der Waals surface area contributed by atoms with Gasteiger partial charge in [-0.15, -0.1) is 17.5 Å². The summed E-state index contributed by atoms with van der Waals surface area (Å²) >= 11 is 12.6. The second-order valence-corrected chi connectivity index (χ2v) is 8.27. The number of halogens is 3. The summed E-state index contributed by atoms with van der Waals surface area (Å²) < 4.78 is 1.56. The Labute approximate surface area is 176 Å². The van der Waals surface area contributed by atoms with Crippen molar-refractivity contribution in [2.24, 2.45) is 11.1 Å². The molecule has 0 saturated carbocycles. The molecule has 9 heteroatoms. The molecule has 1 aromatic carbocycles. The van der Waals surface area contributed by atoms with Gasteiger partial charge < -0.3 is 10.6 Å². The van der Waals surface area contributed by atoms with E-state index in [2.05, 4.69) is 10.1 Å². The Hall–Kier alpha value is -1.34. The molecule has 6 nitrogen and oxygen atoms in total. The third-order valence-electron chi connectivity index (χ3n) is 4.05. The molecule has 0 aliphatic heterocycles. The summed E-state index contributed by atoms with van der Waals surface area (Å²) in [6, 6.07) is 5.22. The molecule has 1 aromatic heterocycles. The topological polar surface area (TPSA) is 77.0 Å². The van der Waals surface area contributed by atoms with E-state index in [9.17, 15) is 4.79 Å². The van der Waals surface area contributed by atoms with Crippen LogP contribution in [0.3, 0.4) is 0 Å². The normalized spacial score (nSPS) is 11.4. The summed E-state index contributed by atoms with van der Waals surface area (Å²) in [7, 11) is 1.72. The smallest absolute Gasteiger partial charge is 0.293 e. The van der Waals surface area contributed by atoms with Crippen LogP contribution in [0.2, 0.25) is 10.0 Å². The number of aromatic nitrogens is 3. The molecule has 0 fully saturated rings. The molecule has 0 aliphatic rings. The first-order valence-electron chi connectivity index (χ1n) is 8.44. The molecule has 2 rings (SSSR count). The minimum atomic E-state index is -0.268. The van der Waals surface area contributed by atoms with Crippen molar-refractivity contribution in [2.75, 3.05) is 20.1 Å². The maximum atomic E-state index is 12.8. The Morgan fingerprint density at radius 3 is 2.33 bits per heavy atom. The lowest BCUT2D eigenvalue weighted by molar-refractivity contribution is 0.0728. The lowest BCUT2D eigenvalue weighted by Gasteiger charge is -2.28. The van der Waals surface area contributed by atoms with Crippen molar-refractivity contribution in [3.63, 3.8) is 0 Å². The molecule has 2 N–H and O–H groups in total. The minimum absolute atomic E-state index is 0. The van der Waals surface area contributed by atoms with Gasteiger partial charge in [-0.1, -0.05) is 57.0 Å². The monoisotopic (exact) mass is 433 g/mol. The van der Waals surface area contributed by atoms with E-state index >= 15 is 0 Å². The van der Waals surface area contributed by atoms with Crippen LogP contribution in [0.4, 0.5) is 0 Å². The van der Waals surface area contributed by atoms with Crippen LogP contribution in [0.25, 0.3) is 5.69 Å². The summed E-state index contributed by atoms with van der Waals surface area (Å²) in [4.78, 5) is 18.9. The molecule has 0 atom stereocenters. The van der Waals surface area contributed by atoms with Crippen LogP contribution in [-0.2, 0) is 0 Å². The number of carbonyl (C=O) groups excluding carboxylic acids is 1. The molecule has 150 valence electrons. The van der Waals surface area contributed by atoms with E-state index in [0.29, 0.717) is 34.6 Å². The van der Waals surface area contributed by atoms with Gasteiger partial charge in [0.25, 0.3) is 5.91 Å². The number of benzene rings is 1. The van der Waals surface area contributed by atoms with Gasteiger partial charge in [-0.25, -0.2) is 9.67 Å². The van der Waals surface area contributed by atoms with Crippen LogP contribution in [0, 0.1) is 5.41 Å². The average molecular weight is 435 g/mol. The maximum Gasteiger partial charge on any atom is 0.293 e. The predicted octanol–water partition coefficient (Wildman–Crippen LogP) is 4.18. The quantitative estimate of drug-likeness (QED) is 0.740. The van der Waals surface area contributed by atoms with Crippen molar-refractivity contribution in [2.45, 2.75) is 33.6 Å². The third-order valence-corrected chi connectivity index (χ3v) is 4.66. The number of para-hydroxylation sites is 1. The average Bonchev–Trinajstić information content (AvgIpc) is 2.98. The van der Waals surface area contributed by atoms with Gasteiger partial charge in [0.2, 0.25) is 5.82 Å². The highest BCUT2D eigenvalue weighted by molar-refractivity contribution is 6.37. The van der Waals surface area contributed by atoms with Crippen LogP contribution in [0.1, 0.15) is 50.1 Å². The van der Waals surface area contributed by atoms with Crippen molar-refractivity contribution < 1.29 is 4.79 Å². The van der Waals surface area contributed by atoms with Crippen molar-refractivity contribution in [3.05, 3.63) is 39.9 Å². The van der Waals surface area contributed by atoms with E-state index in [0.717, 1.165) is 0 Å². The summed E-state index contributed by atoms with van der Waals surface area (Å²) in [5.41, 5.74) is 6.10. The zero-order chi connectivity index (χ0) is 19.6. The Morgan fingerprint density at radius 2 is 1.85 bits per heavy atom. The summed E-state index contributed by atoms with van der Waals surface area (Å²) in [6.07, 6.45) is 0. The zero-order valence-corrected chi connectivity index (χ0v) is 18.5. The van der Waals surface area contributed by atoms with Gasteiger partial charge in [0, 0.05) is 19.5 Å².